The van der Waals surface area contributed by atoms with E-state index in [0.29, 0.717) is 35.3 Å². The minimum atomic E-state index is -0.471. The number of hydrogen-bond acceptors (Lipinski definition) is 5. The molecule has 1 aliphatic rings. The Morgan fingerprint density at radius 3 is 2.58 bits per heavy atom. The lowest BCUT2D eigenvalue weighted by Gasteiger charge is -2.39. The maximum atomic E-state index is 12.9. The van der Waals surface area contributed by atoms with Gasteiger partial charge in [-0.1, -0.05) is 41.2 Å². The number of amides is 2. The van der Waals surface area contributed by atoms with Gasteiger partial charge in [0.1, 0.15) is 10.9 Å². The molecule has 1 unspecified atom stereocenters. The molecule has 1 fully saturated rings. The van der Waals surface area contributed by atoms with E-state index < -0.39 is 6.04 Å². The first-order valence-corrected chi connectivity index (χ1v) is 9.53. The zero-order valence-corrected chi connectivity index (χ0v) is 16.4. The number of hydrogen-bond donors (Lipinski definition) is 1. The molecule has 0 aliphatic carbocycles. The Kier molecular flexibility index (Phi) is 5.27. The Bertz CT molecular complexity index is 815. The molecule has 3 rings (SSSR count). The van der Waals surface area contributed by atoms with E-state index in [9.17, 15) is 9.59 Å². The van der Waals surface area contributed by atoms with Crippen molar-refractivity contribution in [2.45, 2.75) is 33.4 Å². The van der Waals surface area contributed by atoms with Crippen molar-refractivity contribution >= 4 is 28.3 Å². The SMILES string of the molecule is CNc1nc(C)c(C(=O)N2CCN(Cc3ccc(C)cc3)C(=O)C2C)s1. The first-order valence-electron chi connectivity index (χ1n) is 8.71. The van der Waals surface area contributed by atoms with Gasteiger partial charge in [0, 0.05) is 26.7 Å². The second-order valence-corrected chi connectivity index (χ2v) is 7.60. The molecule has 1 aliphatic heterocycles. The number of nitrogens with one attached hydrogen (secondary N) is 1. The smallest absolute Gasteiger partial charge is 0.266 e. The minimum absolute atomic E-state index is 0.0128. The van der Waals surface area contributed by atoms with Crippen LogP contribution >= 0.6 is 11.3 Å². The topological polar surface area (TPSA) is 65.5 Å². The Morgan fingerprint density at radius 1 is 1.27 bits per heavy atom. The number of aromatic nitrogens is 1. The van der Waals surface area contributed by atoms with E-state index in [1.165, 1.54) is 16.9 Å². The molecule has 1 aromatic carbocycles. The Labute approximate surface area is 157 Å². The third-order valence-corrected chi connectivity index (χ3v) is 5.87. The van der Waals surface area contributed by atoms with Crippen molar-refractivity contribution in [1.29, 1.82) is 0 Å². The summed E-state index contributed by atoms with van der Waals surface area (Å²) in [6, 6.07) is 7.72. The van der Waals surface area contributed by atoms with E-state index in [1.54, 1.807) is 18.9 Å². The van der Waals surface area contributed by atoms with Crippen LogP contribution in [0.3, 0.4) is 0 Å². The second-order valence-electron chi connectivity index (χ2n) is 6.60. The number of rotatable bonds is 4. The highest BCUT2D eigenvalue weighted by molar-refractivity contribution is 7.17. The van der Waals surface area contributed by atoms with E-state index >= 15 is 0 Å². The minimum Gasteiger partial charge on any atom is -0.365 e. The van der Waals surface area contributed by atoms with Gasteiger partial charge in [-0.25, -0.2) is 4.98 Å². The molecule has 2 aromatic rings. The normalized spacial score (nSPS) is 17.5. The van der Waals surface area contributed by atoms with Crippen LogP contribution < -0.4 is 5.32 Å². The summed E-state index contributed by atoms with van der Waals surface area (Å²) in [6.45, 7) is 7.32. The van der Waals surface area contributed by atoms with E-state index in [4.69, 9.17) is 0 Å². The third kappa shape index (κ3) is 3.58. The predicted octanol–water partition coefficient (Wildman–Crippen LogP) is 2.67. The molecule has 1 N–H and O–H groups in total. The molecule has 26 heavy (non-hydrogen) atoms. The molecular weight excluding hydrogens is 348 g/mol. The van der Waals surface area contributed by atoms with Crippen LogP contribution in [-0.4, -0.2) is 52.8 Å². The van der Waals surface area contributed by atoms with Crippen molar-refractivity contribution in [1.82, 2.24) is 14.8 Å². The summed E-state index contributed by atoms with van der Waals surface area (Å²) >= 11 is 1.33. The maximum Gasteiger partial charge on any atom is 0.266 e. The van der Waals surface area contributed by atoms with Gasteiger partial charge < -0.3 is 15.1 Å². The first-order chi connectivity index (χ1) is 12.4. The number of carbonyl (C=O) groups is 2. The van der Waals surface area contributed by atoms with Gasteiger partial charge >= 0.3 is 0 Å². The predicted molar refractivity (Wildman–Crippen MR) is 103 cm³/mol. The molecule has 138 valence electrons. The Hall–Kier alpha value is -2.41. The van der Waals surface area contributed by atoms with Gasteiger partial charge in [-0.2, -0.15) is 0 Å². The summed E-state index contributed by atoms with van der Waals surface area (Å²) in [5.41, 5.74) is 3.00. The molecular formula is C19H24N4O2S. The van der Waals surface area contributed by atoms with Crippen LogP contribution in [0.4, 0.5) is 5.13 Å². The number of aryl methyl sites for hydroxylation is 2. The molecule has 1 saturated heterocycles. The van der Waals surface area contributed by atoms with Crippen molar-refractivity contribution in [3.63, 3.8) is 0 Å². The molecule has 1 atom stereocenters. The number of thiazole rings is 1. The summed E-state index contributed by atoms with van der Waals surface area (Å²) in [7, 11) is 1.78. The lowest BCUT2D eigenvalue weighted by Crippen LogP contribution is -2.57. The zero-order chi connectivity index (χ0) is 18.8. The number of nitrogens with zero attached hydrogens (tertiary/aromatic N) is 3. The van der Waals surface area contributed by atoms with Crippen molar-refractivity contribution in [2.24, 2.45) is 0 Å². The van der Waals surface area contributed by atoms with Gasteiger partial charge in [0.2, 0.25) is 5.91 Å². The summed E-state index contributed by atoms with van der Waals surface area (Å²) in [5.74, 6) is -0.126. The fourth-order valence-corrected chi connectivity index (χ4v) is 3.99. The first kappa shape index (κ1) is 18.4. The average molecular weight is 372 g/mol. The maximum absolute atomic E-state index is 12.9. The van der Waals surface area contributed by atoms with Crippen LogP contribution in [0.5, 0.6) is 0 Å². The Balaban J connectivity index is 1.71. The Morgan fingerprint density at radius 2 is 1.96 bits per heavy atom. The fourth-order valence-electron chi connectivity index (χ4n) is 3.11. The highest BCUT2D eigenvalue weighted by Crippen LogP contribution is 2.26. The summed E-state index contributed by atoms with van der Waals surface area (Å²) < 4.78 is 0. The van der Waals surface area contributed by atoms with Crippen LogP contribution in [-0.2, 0) is 11.3 Å². The monoisotopic (exact) mass is 372 g/mol. The lowest BCUT2D eigenvalue weighted by atomic mass is 10.1. The molecule has 7 heteroatoms. The van der Waals surface area contributed by atoms with Crippen LogP contribution in [0.2, 0.25) is 0 Å². The number of piperazine rings is 1. The van der Waals surface area contributed by atoms with Gasteiger partial charge in [0.05, 0.1) is 5.69 Å². The third-order valence-electron chi connectivity index (χ3n) is 4.71. The molecule has 0 radical (unpaired) electrons. The molecule has 0 spiro atoms. The van der Waals surface area contributed by atoms with Gasteiger partial charge in [0.25, 0.3) is 5.91 Å². The highest BCUT2D eigenvalue weighted by atomic mass is 32.1. The van der Waals surface area contributed by atoms with Crippen molar-refractivity contribution in [3.05, 3.63) is 46.0 Å². The van der Waals surface area contributed by atoms with Gasteiger partial charge in [-0.15, -0.1) is 0 Å². The van der Waals surface area contributed by atoms with E-state index in [-0.39, 0.29) is 11.8 Å². The number of carbonyl (C=O) groups excluding carboxylic acids is 2. The number of benzene rings is 1. The molecule has 2 amide bonds. The van der Waals surface area contributed by atoms with Gasteiger partial charge in [-0.3, -0.25) is 9.59 Å². The van der Waals surface area contributed by atoms with Crippen LogP contribution in [0.15, 0.2) is 24.3 Å². The van der Waals surface area contributed by atoms with Gasteiger partial charge in [0.15, 0.2) is 5.13 Å². The molecule has 1 aromatic heterocycles. The number of anilines is 1. The molecule has 0 bridgehead atoms. The lowest BCUT2D eigenvalue weighted by molar-refractivity contribution is -0.140. The average Bonchev–Trinajstić information content (AvgIpc) is 3.01. The van der Waals surface area contributed by atoms with Crippen LogP contribution in [0, 0.1) is 13.8 Å². The zero-order valence-electron chi connectivity index (χ0n) is 15.6. The summed E-state index contributed by atoms with van der Waals surface area (Å²) in [4.78, 5) is 34.1. The van der Waals surface area contributed by atoms with E-state index in [2.05, 4.69) is 22.4 Å². The van der Waals surface area contributed by atoms with Gasteiger partial charge in [-0.05, 0) is 26.3 Å². The quantitative estimate of drug-likeness (QED) is 0.896. The molecule has 0 saturated carbocycles. The summed E-state index contributed by atoms with van der Waals surface area (Å²) in [6.07, 6.45) is 0. The largest absolute Gasteiger partial charge is 0.365 e. The standard InChI is InChI=1S/C19H24N4O2S/c1-12-5-7-15(8-6-12)11-22-9-10-23(14(3)17(22)24)18(25)16-13(2)21-19(20-4)26-16/h5-8,14H,9-11H2,1-4H3,(H,20,21). The van der Waals surface area contributed by atoms with Crippen molar-refractivity contribution in [3.8, 4) is 0 Å². The van der Waals surface area contributed by atoms with Crippen molar-refractivity contribution in [2.75, 3.05) is 25.5 Å². The second kappa shape index (κ2) is 7.45. The van der Waals surface area contributed by atoms with E-state index in [0.717, 1.165) is 5.56 Å². The van der Waals surface area contributed by atoms with E-state index in [1.807, 2.05) is 30.9 Å². The molecule has 2 heterocycles. The summed E-state index contributed by atoms with van der Waals surface area (Å²) in [5, 5.41) is 3.68. The van der Waals surface area contributed by atoms with Crippen LogP contribution in [0.1, 0.15) is 33.4 Å². The highest BCUT2D eigenvalue weighted by Gasteiger charge is 2.35. The van der Waals surface area contributed by atoms with Crippen LogP contribution in [0.25, 0.3) is 0 Å². The molecule has 6 nitrogen and oxygen atoms in total. The fraction of sp³-hybridized carbons (Fsp3) is 0.421. The van der Waals surface area contributed by atoms with Crippen molar-refractivity contribution < 1.29 is 9.59 Å².